The van der Waals surface area contributed by atoms with Crippen LogP contribution >= 0.6 is 0 Å². The normalized spacial score (nSPS) is 18.4. The van der Waals surface area contributed by atoms with E-state index in [0.29, 0.717) is 58.9 Å². The van der Waals surface area contributed by atoms with Crippen molar-refractivity contribution in [3.63, 3.8) is 0 Å². The molecule has 5 rings (SSSR count). The Hall–Kier alpha value is -4.52. The summed E-state index contributed by atoms with van der Waals surface area (Å²) < 4.78 is 22.6. The molecule has 0 saturated heterocycles. The molecule has 7 nitrogen and oxygen atoms in total. The van der Waals surface area contributed by atoms with Crippen LogP contribution in [0.4, 0.5) is 0 Å². The third-order valence-electron chi connectivity index (χ3n) is 7.81. The van der Waals surface area contributed by atoms with Gasteiger partial charge in [-0.2, -0.15) is 0 Å². The van der Waals surface area contributed by atoms with Crippen LogP contribution in [0, 0.1) is 0 Å². The second-order valence-corrected chi connectivity index (χ2v) is 10.3. The van der Waals surface area contributed by atoms with E-state index in [2.05, 4.69) is 17.4 Å². The quantitative estimate of drug-likeness (QED) is 0.332. The number of ketones is 1. The minimum absolute atomic E-state index is 0.00607. The van der Waals surface area contributed by atoms with Crippen LogP contribution in [0.3, 0.4) is 0 Å². The van der Waals surface area contributed by atoms with E-state index in [1.165, 1.54) is 0 Å². The maximum atomic E-state index is 13.9. The number of carbonyl (C=O) groups is 2. The SMILES string of the molecule is COc1cc([C@H]2C(C(=O)OCCc3ccccc3)=C(C)NC3=C2C(=O)C[C@@H](c2ccccc2)C3)cc(OC)c1OC. The summed E-state index contributed by atoms with van der Waals surface area (Å²) in [7, 11) is 4.63. The van der Waals surface area contributed by atoms with E-state index in [4.69, 9.17) is 18.9 Å². The van der Waals surface area contributed by atoms with Crippen LogP contribution in [0.5, 0.6) is 17.2 Å². The third-order valence-corrected chi connectivity index (χ3v) is 7.81. The molecular weight excluding hydrogens is 518 g/mol. The van der Waals surface area contributed by atoms with Crippen molar-refractivity contribution in [1.82, 2.24) is 5.32 Å². The van der Waals surface area contributed by atoms with E-state index < -0.39 is 11.9 Å². The van der Waals surface area contributed by atoms with E-state index in [0.717, 1.165) is 16.8 Å². The molecule has 0 aromatic heterocycles. The summed E-state index contributed by atoms with van der Waals surface area (Å²) in [6, 6.07) is 23.6. The van der Waals surface area contributed by atoms with Gasteiger partial charge >= 0.3 is 5.97 Å². The van der Waals surface area contributed by atoms with Crippen molar-refractivity contribution < 1.29 is 28.5 Å². The van der Waals surface area contributed by atoms with Crippen molar-refractivity contribution in [2.24, 2.45) is 0 Å². The monoisotopic (exact) mass is 553 g/mol. The Labute approximate surface area is 240 Å². The zero-order valence-electron chi connectivity index (χ0n) is 23.9. The van der Waals surface area contributed by atoms with Crippen LogP contribution in [0.15, 0.2) is 95.3 Å². The lowest BCUT2D eigenvalue weighted by molar-refractivity contribution is -0.139. The molecule has 2 aliphatic rings. The average molecular weight is 554 g/mol. The summed E-state index contributed by atoms with van der Waals surface area (Å²) in [4.78, 5) is 27.7. The molecule has 1 N–H and O–H groups in total. The Morgan fingerprint density at radius 2 is 1.49 bits per heavy atom. The minimum Gasteiger partial charge on any atom is -0.493 e. The number of benzene rings is 3. The number of Topliss-reactive ketones (excluding diaryl/α,β-unsaturated/α-hetero) is 1. The Morgan fingerprint density at radius 3 is 2.10 bits per heavy atom. The van der Waals surface area contributed by atoms with E-state index in [-0.39, 0.29) is 18.3 Å². The molecule has 41 heavy (non-hydrogen) atoms. The average Bonchev–Trinajstić information content (AvgIpc) is 3.00. The summed E-state index contributed by atoms with van der Waals surface area (Å²) in [5.41, 5.74) is 5.35. The molecular formula is C34H35NO6. The molecule has 0 spiro atoms. The molecule has 1 aliphatic heterocycles. The van der Waals surface area contributed by atoms with E-state index in [1.807, 2.05) is 67.6 Å². The number of hydrogen-bond acceptors (Lipinski definition) is 7. The topological polar surface area (TPSA) is 83.1 Å². The molecule has 7 heteroatoms. The first-order chi connectivity index (χ1) is 19.9. The van der Waals surface area contributed by atoms with Crippen LogP contribution in [-0.4, -0.2) is 39.7 Å². The highest BCUT2D eigenvalue weighted by molar-refractivity contribution is 6.04. The van der Waals surface area contributed by atoms with Gasteiger partial charge < -0.3 is 24.3 Å². The molecule has 0 amide bonds. The maximum Gasteiger partial charge on any atom is 0.336 e. The first kappa shape index (κ1) is 28.0. The van der Waals surface area contributed by atoms with Gasteiger partial charge in [0.25, 0.3) is 0 Å². The number of ether oxygens (including phenoxy) is 4. The van der Waals surface area contributed by atoms with Crippen molar-refractivity contribution in [1.29, 1.82) is 0 Å². The zero-order chi connectivity index (χ0) is 28.9. The molecule has 3 aromatic rings. The molecule has 1 aliphatic carbocycles. The highest BCUT2D eigenvalue weighted by Crippen LogP contribution is 2.49. The molecule has 212 valence electrons. The second kappa shape index (κ2) is 12.3. The third kappa shape index (κ3) is 5.71. The zero-order valence-corrected chi connectivity index (χ0v) is 23.9. The number of methoxy groups -OCH3 is 3. The molecule has 0 fully saturated rings. The minimum atomic E-state index is -0.659. The summed E-state index contributed by atoms with van der Waals surface area (Å²) in [5.74, 6) is 0.247. The predicted octanol–water partition coefficient (Wildman–Crippen LogP) is 5.86. The highest BCUT2D eigenvalue weighted by Gasteiger charge is 2.42. The number of carbonyl (C=O) groups excluding carboxylic acids is 2. The Kier molecular flexibility index (Phi) is 8.43. The first-order valence-corrected chi connectivity index (χ1v) is 13.7. The fraction of sp³-hybridized carbons (Fsp3) is 0.294. The molecule has 1 heterocycles. The summed E-state index contributed by atoms with van der Waals surface area (Å²) in [6.07, 6.45) is 1.59. The molecule has 0 saturated carbocycles. The van der Waals surface area contributed by atoms with E-state index in [9.17, 15) is 9.59 Å². The fourth-order valence-corrected chi connectivity index (χ4v) is 5.86. The van der Waals surface area contributed by atoms with Crippen LogP contribution in [-0.2, 0) is 20.7 Å². The van der Waals surface area contributed by atoms with Crippen LogP contribution < -0.4 is 19.5 Å². The lowest BCUT2D eigenvalue weighted by atomic mass is 9.71. The lowest BCUT2D eigenvalue weighted by Crippen LogP contribution is -2.36. The van der Waals surface area contributed by atoms with Gasteiger partial charge in [-0.25, -0.2) is 4.79 Å². The van der Waals surface area contributed by atoms with Gasteiger partial charge in [-0.1, -0.05) is 60.7 Å². The predicted molar refractivity (Wildman–Crippen MR) is 156 cm³/mol. The number of rotatable bonds is 9. The smallest absolute Gasteiger partial charge is 0.336 e. The van der Waals surface area contributed by atoms with Gasteiger partial charge in [0.15, 0.2) is 17.3 Å². The van der Waals surface area contributed by atoms with Gasteiger partial charge in [-0.3, -0.25) is 4.79 Å². The number of allylic oxidation sites excluding steroid dienone is 3. The Balaban J connectivity index is 1.55. The van der Waals surface area contributed by atoms with Crippen molar-refractivity contribution in [3.05, 3.63) is 112 Å². The summed E-state index contributed by atoms with van der Waals surface area (Å²) in [5, 5.41) is 3.42. The summed E-state index contributed by atoms with van der Waals surface area (Å²) in [6.45, 7) is 2.08. The molecule has 3 aromatic carbocycles. The molecule has 2 atom stereocenters. The molecule has 0 radical (unpaired) electrons. The van der Waals surface area contributed by atoms with Crippen LogP contribution in [0.2, 0.25) is 0 Å². The van der Waals surface area contributed by atoms with Crippen molar-refractivity contribution >= 4 is 11.8 Å². The first-order valence-electron chi connectivity index (χ1n) is 13.7. The Bertz CT molecular complexity index is 1470. The number of hydrogen-bond donors (Lipinski definition) is 1. The molecule has 0 bridgehead atoms. The van der Waals surface area contributed by atoms with Gasteiger partial charge in [0.05, 0.1) is 33.5 Å². The fourth-order valence-electron chi connectivity index (χ4n) is 5.86. The van der Waals surface area contributed by atoms with Gasteiger partial charge in [0, 0.05) is 35.7 Å². The molecule has 0 unspecified atom stereocenters. The lowest BCUT2D eigenvalue weighted by Gasteiger charge is -2.37. The maximum absolute atomic E-state index is 13.9. The van der Waals surface area contributed by atoms with Gasteiger partial charge in [0.1, 0.15) is 0 Å². The van der Waals surface area contributed by atoms with Crippen LogP contribution in [0.1, 0.15) is 48.3 Å². The number of nitrogens with one attached hydrogen (secondary N) is 1. The largest absolute Gasteiger partial charge is 0.493 e. The second-order valence-electron chi connectivity index (χ2n) is 10.3. The highest BCUT2D eigenvalue weighted by atomic mass is 16.5. The number of esters is 1. The van der Waals surface area contributed by atoms with E-state index >= 15 is 0 Å². The van der Waals surface area contributed by atoms with Crippen molar-refractivity contribution in [2.75, 3.05) is 27.9 Å². The van der Waals surface area contributed by atoms with Crippen molar-refractivity contribution in [2.45, 2.75) is 38.0 Å². The summed E-state index contributed by atoms with van der Waals surface area (Å²) >= 11 is 0. The van der Waals surface area contributed by atoms with Gasteiger partial charge in [-0.05, 0) is 48.1 Å². The van der Waals surface area contributed by atoms with Crippen LogP contribution in [0.25, 0.3) is 0 Å². The van der Waals surface area contributed by atoms with Gasteiger partial charge in [-0.15, -0.1) is 0 Å². The Morgan fingerprint density at radius 1 is 0.854 bits per heavy atom. The van der Waals surface area contributed by atoms with Gasteiger partial charge in [0.2, 0.25) is 5.75 Å². The number of dihydropyridines is 1. The van der Waals surface area contributed by atoms with Crippen molar-refractivity contribution in [3.8, 4) is 17.2 Å². The van der Waals surface area contributed by atoms with E-state index in [1.54, 1.807) is 21.3 Å². The standard InChI is InChI=1S/C34H35NO6/c1-21-30(34(37)41-16-15-22-11-7-5-8-12-22)31(25-19-28(38-2)33(40-4)29(20-25)39-3)32-26(35-21)17-24(18-27(32)36)23-13-9-6-10-14-23/h5-14,19-20,24,31,35H,15-18H2,1-4H3/t24-,31-/m0/s1.